The van der Waals surface area contributed by atoms with E-state index in [-0.39, 0.29) is 0 Å². The zero-order chi connectivity index (χ0) is 13.8. The van der Waals surface area contributed by atoms with Gasteiger partial charge in [0.05, 0.1) is 0 Å². The number of anilines is 1. The predicted octanol–water partition coefficient (Wildman–Crippen LogP) is 4.07. The van der Waals surface area contributed by atoms with Gasteiger partial charge < -0.3 is 5.32 Å². The molecule has 0 radical (unpaired) electrons. The third-order valence-electron chi connectivity index (χ3n) is 4.55. The Balaban J connectivity index is 2.27. The summed E-state index contributed by atoms with van der Waals surface area (Å²) < 4.78 is 0. The lowest BCUT2D eigenvalue weighted by Crippen LogP contribution is -2.17. The molecule has 0 aromatic carbocycles. The molecule has 3 nitrogen and oxygen atoms in total. The van der Waals surface area contributed by atoms with Gasteiger partial charge in [-0.2, -0.15) is 0 Å². The van der Waals surface area contributed by atoms with E-state index in [2.05, 4.69) is 26.1 Å². The molecular formula is C16H27N3. The van der Waals surface area contributed by atoms with Crippen LogP contribution in [-0.2, 0) is 6.42 Å². The minimum atomic E-state index is 0.565. The SMILES string of the molecule is CCc1c(C)nc(C2CCCC(CC)C2)nc1NC. The van der Waals surface area contributed by atoms with Crippen molar-refractivity contribution in [3.05, 3.63) is 17.1 Å². The summed E-state index contributed by atoms with van der Waals surface area (Å²) in [6, 6.07) is 0. The van der Waals surface area contributed by atoms with Crippen LogP contribution in [0.2, 0.25) is 0 Å². The van der Waals surface area contributed by atoms with Crippen LogP contribution in [0.25, 0.3) is 0 Å². The van der Waals surface area contributed by atoms with Gasteiger partial charge in [-0.3, -0.25) is 0 Å². The zero-order valence-corrected chi connectivity index (χ0v) is 12.8. The highest BCUT2D eigenvalue weighted by Gasteiger charge is 2.25. The molecule has 2 unspecified atom stereocenters. The molecule has 2 rings (SSSR count). The molecule has 2 atom stereocenters. The summed E-state index contributed by atoms with van der Waals surface area (Å²) >= 11 is 0. The zero-order valence-electron chi connectivity index (χ0n) is 12.8. The lowest BCUT2D eigenvalue weighted by Gasteiger charge is -2.28. The molecule has 1 aliphatic rings. The van der Waals surface area contributed by atoms with Gasteiger partial charge in [0.1, 0.15) is 11.6 Å². The third kappa shape index (κ3) is 3.07. The quantitative estimate of drug-likeness (QED) is 0.887. The first-order valence-electron chi connectivity index (χ1n) is 7.74. The third-order valence-corrected chi connectivity index (χ3v) is 4.55. The number of nitrogens with one attached hydrogen (secondary N) is 1. The Morgan fingerprint density at radius 2 is 2.00 bits per heavy atom. The second kappa shape index (κ2) is 6.36. The summed E-state index contributed by atoms with van der Waals surface area (Å²) in [5, 5.41) is 3.24. The van der Waals surface area contributed by atoms with Crippen LogP contribution in [0.1, 0.15) is 69.0 Å². The Kier molecular flexibility index (Phi) is 4.78. The number of nitrogens with zero attached hydrogens (tertiary/aromatic N) is 2. The van der Waals surface area contributed by atoms with Crippen molar-refractivity contribution in [3.8, 4) is 0 Å². The molecule has 1 fully saturated rings. The molecule has 0 aliphatic heterocycles. The van der Waals surface area contributed by atoms with E-state index in [1.54, 1.807) is 0 Å². The average molecular weight is 261 g/mol. The highest BCUT2D eigenvalue weighted by molar-refractivity contribution is 5.46. The summed E-state index contributed by atoms with van der Waals surface area (Å²) in [5.41, 5.74) is 2.41. The van der Waals surface area contributed by atoms with E-state index >= 15 is 0 Å². The van der Waals surface area contributed by atoms with E-state index in [1.165, 1.54) is 37.7 Å². The van der Waals surface area contributed by atoms with Gasteiger partial charge in [-0.1, -0.05) is 33.1 Å². The second-order valence-electron chi connectivity index (χ2n) is 5.74. The minimum Gasteiger partial charge on any atom is -0.373 e. The van der Waals surface area contributed by atoms with Crippen molar-refractivity contribution in [2.45, 2.75) is 65.2 Å². The molecule has 3 heteroatoms. The molecular weight excluding hydrogens is 234 g/mol. The Hall–Kier alpha value is -1.12. The van der Waals surface area contributed by atoms with Gasteiger partial charge in [-0.05, 0) is 32.1 Å². The molecule has 1 saturated carbocycles. The van der Waals surface area contributed by atoms with Crippen molar-refractivity contribution in [2.75, 3.05) is 12.4 Å². The number of hydrogen-bond donors (Lipinski definition) is 1. The lowest BCUT2D eigenvalue weighted by atomic mass is 9.80. The van der Waals surface area contributed by atoms with Gasteiger partial charge in [0, 0.05) is 24.2 Å². The van der Waals surface area contributed by atoms with Crippen molar-refractivity contribution in [3.63, 3.8) is 0 Å². The maximum atomic E-state index is 4.79. The normalized spacial score (nSPS) is 23.4. The molecule has 1 aromatic rings. The minimum absolute atomic E-state index is 0.565. The Bertz CT molecular complexity index is 428. The van der Waals surface area contributed by atoms with E-state index in [4.69, 9.17) is 9.97 Å². The Labute approximate surface area is 117 Å². The highest BCUT2D eigenvalue weighted by atomic mass is 15.0. The standard InChI is InChI=1S/C16H27N3/c1-5-12-8-7-9-13(10-12)15-18-11(3)14(6-2)16(17-4)19-15/h12-13H,5-10H2,1-4H3,(H,17,18,19). The molecule has 106 valence electrons. The maximum Gasteiger partial charge on any atom is 0.134 e. The van der Waals surface area contributed by atoms with Crippen LogP contribution < -0.4 is 5.32 Å². The molecule has 1 N–H and O–H groups in total. The van der Waals surface area contributed by atoms with Crippen molar-refractivity contribution in [1.82, 2.24) is 9.97 Å². The van der Waals surface area contributed by atoms with Crippen molar-refractivity contribution < 1.29 is 0 Å². The van der Waals surface area contributed by atoms with E-state index in [0.717, 1.165) is 29.7 Å². The van der Waals surface area contributed by atoms with Gasteiger partial charge in [0.15, 0.2) is 0 Å². The summed E-state index contributed by atoms with van der Waals surface area (Å²) in [6.45, 7) is 6.59. The Morgan fingerprint density at radius 3 is 2.63 bits per heavy atom. The summed E-state index contributed by atoms with van der Waals surface area (Å²) in [7, 11) is 1.96. The number of aromatic nitrogens is 2. The monoisotopic (exact) mass is 261 g/mol. The summed E-state index contributed by atoms with van der Waals surface area (Å²) in [4.78, 5) is 9.59. The smallest absolute Gasteiger partial charge is 0.134 e. The molecule has 0 saturated heterocycles. The number of aryl methyl sites for hydroxylation is 1. The van der Waals surface area contributed by atoms with Crippen molar-refractivity contribution in [1.29, 1.82) is 0 Å². The van der Waals surface area contributed by atoms with Crippen LogP contribution in [0.15, 0.2) is 0 Å². The maximum absolute atomic E-state index is 4.79. The largest absolute Gasteiger partial charge is 0.373 e. The fraction of sp³-hybridized carbons (Fsp3) is 0.750. The number of rotatable bonds is 4. The lowest BCUT2D eigenvalue weighted by molar-refractivity contribution is 0.307. The molecule has 19 heavy (non-hydrogen) atoms. The van der Waals surface area contributed by atoms with E-state index in [9.17, 15) is 0 Å². The fourth-order valence-corrected chi connectivity index (χ4v) is 3.33. The Morgan fingerprint density at radius 1 is 1.21 bits per heavy atom. The second-order valence-corrected chi connectivity index (χ2v) is 5.74. The average Bonchev–Trinajstić information content (AvgIpc) is 2.46. The van der Waals surface area contributed by atoms with Gasteiger partial charge in [-0.15, -0.1) is 0 Å². The highest BCUT2D eigenvalue weighted by Crippen LogP contribution is 2.36. The first kappa shape index (κ1) is 14.3. The predicted molar refractivity (Wildman–Crippen MR) is 80.7 cm³/mol. The summed E-state index contributed by atoms with van der Waals surface area (Å²) in [6.07, 6.45) is 7.52. The molecule has 0 spiro atoms. The van der Waals surface area contributed by atoms with Crippen LogP contribution >= 0.6 is 0 Å². The summed E-state index contributed by atoms with van der Waals surface area (Å²) in [5.74, 6) is 3.53. The van der Waals surface area contributed by atoms with Crippen LogP contribution in [0.4, 0.5) is 5.82 Å². The van der Waals surface area contributed by atoms with E-state index < -0.39 is 0 Å². The van der Waals surface area contributed by atoms with Gasteiger partial charge in [0.25, 0.3) is 0 Å². The molecule has 1 aliphatic carbocycles. The molecule has 1 aromatic heterocycles. The van der Waals surface area contributed by atoms with E-state index in [1.807, 2.05) is 7.05 Å². The van der Waals surface area contributed by atoms with Crippen molar-refractivity contribution >= 4 is 5.82 Å². The van der Waals surface area contributed by atoms with Gasteiger partial charge in [-0.25, -0.2) is 9.97 Å². The van der Waals surface area contributed by atoms with Crippen LogP contribution in [0, 0.1) is 12.8 Å². The van der Waals surface area contributed by atoms with E-state index in [0.29, 0.717) is 5.92 Å². The van der Waals surface area contributed by atoms with Crippen LogP contribution in [-0.4, -0.2) is 17.0 Å². The topological polar surface area (TPSA) is 37.8 Å². The number of hydrogen-bond acceptors (Lipinski definition) is 3. The fourth-order valence-electron chi connectivity index (χ4n) is 3.33. The first-order valence-corrected chi connectivity index (χ1v) is 7.74. The van der Waals surface area contributed by atoms with Crippen LogP contribution in [0.5, 0.6) is 0 Å². The van der Waals surface area contributed by atoms with Gasteiger partial charge in [0.2, 0.25) is 0 Å². The van der Waals surface area contributed by atoms with Crippen molar-refractivity contribution in [2.24, 2.45) is 5.92 Å². The first-order chi connectivity index (χ1) is 9.19. The van der Waals surface area contributed by atoms with Gasteiger partial charge >= 0.3 is 0 Å². The van der Waals surface area contributed by atoms with Crippen LogP contribution in [0.3, 0.4) is 0 Å². The molecule has 1 heterocycles. The molecule has 0 bridgehead atoms. The molecule has 0 amide bonds.